The summed E-state index contributed by atoms with van der Waals surface area (Å²) in [7, 11) is 1.50. The quantitative estimate of drug-likeness (QED) is 0.885. The van der Waals surface area contributed by atoms with Gasteiger partial charge in [0, 0.05) is 15.6 Å². The Kier molecular flexibility index (Phi) is 5.10. The van der Waals surface area contributed by atoms with Crippen LogP contribution in [0, 0.1) is 0 Å². The molecule has 0 bridgehead atoms. The highest BCUT2D eigenvalue weighted by molar-refractivity contribution is 6.31. The average molecular weight is 325 g/mol. The maximum Gasteiger partial charge on any atom is 0.311 e. The van der Waals surface area contributed by atoms with Crippen molar-refractivity contribution in [3.05, 3.63) is 63.6 Å². The lowest BCUT2D eigenvalue weighted by atomic mass is 9.91. The van der Waals surface area contributed by atoms with Gasteiger partial charge in [-0.15, -0.1) is 0 Å². The number of carboxylic acid groups (broad SMARTS) is 1. The summed E-state index contributed by atoms with van der Waals surface area (Å²) in [5.41, 5.74) is 1.40. The van der Waals surface area contributed by atoms with E-state index in [0.29, 0.717) is 27.8 Å². The molecule has 0 aliphatic rings. The molecule has 0 heterocycles. The van der Waals surface area contributed by atoms with Crippen LogP contribution >= 0.6 is 23.2 Å². The molecule has 0 aromatic heterocycles. The lowest BCUT2D eigenvalue weighted by molar-refractivity contribution is -0.138. The van der Waals surface area contributed by atoms with E-state index in [1.54, 1.807) is 36.4 Å². The number of ether oxygens (including phenoxy) is 1. The Morgan fingerprint density at radius 3 is 2.52 bits per heavy atom. The SMILES string of the molecule is COc1ccc(Cl)cc1C(Cc1cccc(Cl)c1)C(=O)O. The molecule has 0 spiro atoms. The third-order valence-electron chi connectivity index (χ3n) is 3.19. The largest absolute Gasteiger partial charge is 0.496 e. The Labute approximate surface area is 133 Å². The summed E-state index contributed by atoms with van der Waals surface area (Å²) in [6, 6.07) is 12.1. The third-order valence-corrected chi connectivity index (χ3v) is 3.66. The highest BCUT2D eigenvalue weighted by Gasteiger charge is 2.24. The van der Waals surface area contributed by atoms with Crippen molar-refractivity contribution in [1.29, 1.82) is 0 Å². The van der Waals surface area contributed by atoms with Gasteiger partial charge in [0.2, 0.25) is 0 Å². The molecular weight excluding hydrogens is 311 g/mol. The van der Waals surface area contributed by atoms with Crippen LogP contribution in [-0.4, -0.2) is 18.2 Å². The number of carbonyl (C=O) groups is 1. The normalized spacial score (nSPS) is 12.0. The van der Waals surface area contributed by atoms with Crippen molar-refractivity contribution in [1.82, 2.24) is 0 Å². The Morgan fingerprint density at radius 2 is 1.90 bits per heavy atom. The van der Waals surface area contributed by atoms with Crippen LogP contribution in [0.2, 0.25) is 10.0 Å². The summed E-state index contributed by atoms with van der Waals surface area (Å²) >= 11 is 11.9. The zero-order chi connectivity index (χ0) is 15.4. The first-order chi connectivity index (χ1) is 10.0. The van der Waals surface area contributed by atoms with Crippen molar-refractivity contribution in [2.24, 2.45) is 0 Å². The summed E-state index contributed by atoms with van der Waals surface area (Å²) in [5.74, 6) is -1.18. The number of halogens is 2. The van der Waals surface area contributed by atoms with Crippen LogP contribution < -0.4 is 4.74 Å². The minimum absolute atomic E-state index is 0.312. The van der Waals surface area contributed by atoms with Gasteiger partial charge in [-0.2, -0.15) is 0 Å². The second-order valence-corrected chi connectivity index (χ2v) is 5.48. The van der Waals surface area contributed by atoms with E-state index in [4.69, 9.17) is 27.9 Å². The van der Waals surface area contributed by atoms with E-state index >= 15 is 0 Å². The molecule has 0 saturated heterocycles. The van der Waals surface area contributed by atoms with E-state index in [1.807, 2.05) is 6.07 Å². The number of methoxy groups -OCH3 is 1. The van der Waals surface area contributed by atoms with Gasteiger partial charge < -0.3 is 9.84 Å². The maximum absolute atomic E-state index is 11.6. The number of hydrogen-bond donors (Lipinski definition) is 1. The lowest BCUT2D eigenvalue weighted by Crippen LogP contribution is -2.15. The minimum atomic E-state index is -0.935. The predicted molar refractivity (Wildman–Crippen MR) is 83.5 cm³/mol. The second kappa shape index (κ2) is 6.83. The highest BCUT2D eigenvalue weighted by atomic mass is 35.5. The van der Waals surface area contributed by atoms with Crippen molar-refractivity contribution in [2.75, 3.05) is 7.11 Å². The first-order valence-electron chi connectivity index (χ1n) is 6.32. The Hall–Kier alpha value is -1.71. The topological polar surface area (TPSA) is 46.5 Å². The van der Waals surface area contributed by atoms with Crippen LogP contribution in [0.3, 0.4) is 0 Å². The smallest absolute Gasteiger partial charge is 0.311 e. The van der Waals surface area contributed by atoms with E-state index in [0.717, 1.165) is 5.56 Å². The third kappa shape index (κ3) is 3.90. The van der Waals surface area contributed by atoms with Crippen LogP contribution in [0.25, 0.3) is 0 Å². The monoisotopic (exact) mass is 324 g/mol. The standard InChI is InChI=1S/C16H14Cl2O3/c1-21-15-6-5-12(18)9-13(15)14(16(19)20)8-10-3-2-4-11(17)7-10/h2-7,9,14H,8H2,1H3,(H,19,20). The molecule has 5 heteroatoms. The molecule has 0 fully saturated rings. The van der Waals surface area contributed by atoms with Crippen molar-refractivity contribution in [2.45, 2.75) is 12.3 Å². The molecule has 110 valence electrons. The molecule has 0 amide bonds. The zero-order valence-electron chi connectivity index (χ0n) is 11.3. The minimum Gasteiger partial charge on any atom is -0.496 e. The molecular formula is C16H14Cl2O3. The average Bonchev–Trinajstić information content (AvgIpc) is 2.44. The molecule has 0 saturated carbocycles. The molecule has 21 heavy (non-hydrogen) atoms. The number of hydrogen-bond acceptors (Lipinski definition) is 2. The molecule has 2 rings (SSSR count). The number of aliphatic carboxylic acids is 1. The van der Waals surface area contributed by atoms with Gasteiger partial charge in [-0.3, -0.25) is 4.79 Å². The van der Waals surface area contributed by atoms with E-state index in [9.17, 15) is 9.90 Å². The molecule has 0 aliphatic heterocycles. The molecule has 1 N–H and O–H groups in total. The van der Waals surface area contributed by atoms with E-state index in [1.165, 1.54) is 7.11 Å². The van der Waals surface area contributed by atoms with Crippen molar-refractivity contribution < 1.29 is 14.6 Å². The summed E-state index contributed by atoms with van der Waals surface area (Å²) in [6.07, 6.45) is 0.312. The molecule has 1 atom stereocenters. The van der Waals surface area contributed by atoms with Gasteiger partial charge in [0.15, 0.2) is 0 Å². The van der Waals surface area contributed by atoms with Gasteiger partial charge in [-0.25, -0.2) is 0 Å². The van der Waals surface area contributed by atoms with E-state index in [2.05, 4.69) is 0 Å². The highest BCUT2D eigenvalue weighted by Crippen LogP contribution is 2.32. The summed E-state index contributed by atoms with van der Waals surface area (Å²) in [4.78, 5) is 11.6. The van der Waals surface area contributed by atoms with Gasteiger partial charge in [0.1, 0.15) is 5.75 Å². The molecule has 2 aromatic rings. The number of rotatable bonds is 5. The van der Waals surface area contributed by atoms with Crippen molar-refractivity contribution in [3.63, 3.8) is 0 Å². The van der Waals surface area contributed by atoms with Gasteiger partial charge in [-0.05, 0) is 42.3 Å². The van der Waals surface area contributed by atoms with Crippen LogP contribution in [0.15, 0.2) is 42.5 Å². The fourth-order valence-corrected chi connectivity index (χ4v) is 2.60. The summed E-state index contributed by atoms with van der Waals surface area (Å²) in [5, 5.41) is 10.6. The fourth-order valence-electron chi connectivity index (χ4n) is 2.21. The number of benzene rings is 2. The predicted octanol–water partition coefficient (Wildman–Crippen LogP) is 4.41. The van der Waals surface area contributed by atoms with Crippen molar-refractivity contribution >= 4 is 29.2 Å². The fraction of sp³-hybridized carbons (Fsp3) is 0.188. The molecule has 2 aromatic carbocycles. The molecule has 0 aliphatic carbocycles. The van der Waals surface area contributed by atoms with Crippen molar-refractivity contribution in [3.8, 4) is 5.75 Å². The van der Waals surface area contributed by atoms with Gasteiger partial charge in [0.25, 0.3) is 0 Å². The van der Waals surface area contributed by atoms with Gasteiger partial charge >= 0.3 is 5.97 Å². The van der Waals surface area contributed by atoms with Crippen LogP contribution in [0.4, 0.5) is 0 Å². The summed E-state index contributed by atoms with van der Waals surface area (Å²) < 4.78 is 5.24. The first-order valence-corrected chi connectivity index (χ1v) is 7.07. The number of carboxylic acids is 1. The van der Waals surface area contributed by atoms with Crippen LogP contribution in [0.5, 0.6) is 5.75 Å². The first kappa shape index (κ1) is 15.7. The Morgan fingerprint density at radius 1 is 1.19 bits per heavy atom. The van der Waals surface area contributed by atoms with Crippen LogP contribution in [-0.2, 0) is 11.2 Å². The maximum atomic E-state index is 11.6. The van der Waals surface area contributed by atoms with Gasteiger partial charge in [0.05, 0.1) is 13.0 Å². The molecule has 0 radical (unpaired) electrons. The second-order valence-electron chi connectivity index (χ2n) is 4.61. The van der Waals surface area contributed by atoms with Gasteiger partial charge in [-0.1, -0.05) is 35.3 Å². The Balaban J connectivity index is 2.40. The molecule has 3 nitrogen and oxygen atoms in total. The van der Waals surface area contributed by atoms with E-state index < -0.39 is 11.9 Å². The molecule has 1 unspecified atom stereocenters. The van der Waals surface area contributed by atoms with Crippen LogP contribution in [0.1, 0.15) is 17.0 Å². The Bertz CT molecular complexity index is 656. The zero-order valence-corrected chi connectivity index (χ0v) is 12.9. The van der Waals surface area contributed by atoms with E-state index in [-0.39, 0.29) is 0 Å². The lowest BCUT2D eigenvalue weighted by Gasteiger charge is -2.17. The summed E-state index contributed by atoms with van der Waals surface area (Å²) in [6.45, 7) is 0.